The summed E-state index contributed by atoms with van der Waals surface area (Å²) in [5.41, 5.74) is 1.27. The molecule has 122 valence electrons. The molecule has 0 spiro atoms. The molecule has 0 unspecified atom stereocenters. The molecule has 2 aromatic rings. The maximum absolute atomic E-state index is 13.6. The van der Waals surface area contributed by atoms with Crippen molar-refractivity contribution in [2.45, 2.75) is 32.6 Å². The molecular weight excluding hydrogens is 307 g/mol. The van der Waals surface area contributed by atoms with E-state index in [4.69, 9.17) is 0 Å². The number of anilines is 1. The number of Topliss-reactive ketones (excluding diaryl/α,β-unsaturated/α-hetero) is 1. The zero-order chi connectivity index (χ0) is 16.8. The third-order valence-corrected chi connectivity index (χ3v) is 4.06. The van der Waals surface area contributed by atoms with Gasteiger partial charge in [-0.3, -0.25) is 4.79 Å². The van der Waals surface area contributed by atoms with Gasteiger partial charge in [-0.25, -0.2) is 23.1 Å². The van der Waals surface area contributed by atoms with Crippen molar-refractivity contribution >= 4 is 22.6 Å². The first-order valence-corrected chi connectivity index (χ1v) is 7.38. The Morgan fingerprint density at radius 2 is 1.87 bits per heavy atom. The Bertz CT molecular complexity index is 782. The van der Waals surface area contributed by atoms with Crippen molar-refractivity contribution in [2.75, 3.05) is 18.0 Å². The molecule has 0 amide bonds. The second-order valence-corrected chi connectivity index (χ2v) is 5.85. The van der Waals surface area contributed by atoms with Crippen LogP contribution < -0.4 is 4.90 Å². The van der Waals surface area contributed by atoms with Gasteiger partial charge < -0.3 is 4.90 Å². The van der Waals surface area contributed by atoms with Crippen LogP contribution in [0.3, 0.4) is 0 Å². The number of aromatic nitrogens is 2. The Balaban J connectivity index is 2.08. The van der Waals surface area contributed by atoms with E-state index >= 15 is 0 Å². The zero-order valence-electron chi connectivity index (χ0n) is 12.9. The third-order valence-electron chi connectivity index (χ3n) is 4.06. The second kappa shape index (κ2) is 5.47. The van der Waals surface area contributed by atoms with Crippen molar-refractivity contribution in [1.29, 1.82) is 0 Å². The number of halogens is 3. The van der Waals surface area contributed by atoms with Gasteiger partial charge >= 0.3 is 0 Å². The number of alkyl halides is 2. The Kier molecular flexibility index (Phi) is 3.74. The van der Waals surface area contributed by atoms with Crippen LogP contribution in [-0.4, -0.2) is 34.8 Å². The summed E-state index contributed by atoms with van der Waals surface area (Å²) >= 11 is 0. The third kappa shape index (κ3) is 3.00. The number of nitrogens with zero attached hydrogens (tertiary/aromatic N) is 3. The van der Waals surface area contributed by atoms with Crippen molar-refractivity contribution in [2.24, 2.45) is 0 Å². The molecule has 0 radical (unpaired) electrons. The van der Waals surface area contributed by atoms with Gasteiger partial charge in [0.2, 0.25) is 0 Å². The van der Waals surface area contributed by atoms with Gasteiger partial charge in [-0.15, -0.1) is 0 Å². The fourth-order valence-corrected chi connectivity index (χ4v) is 2.82. The summed E-state index contributed by atoms with van der Waals surface area (Å²) in [7, 11) is 0. The number of carbonyl (C=O) groups is 1. The largest absolute Gasteiger partial charge is 0.355 e. The zero-order valence-corrected chi connectivity index (χ0v) is 12.9. The lowest BCUT2D eigenvalue weighted by Gasteiger charge is -2.33. The number of hydrogen-bond acceptors (Lipinski definition) is 4. The molecular formula is C16H16F3N3O. The molecule has 1 aromatic carbocycles. The first-order valence-electron chi connectivity index (χ1n) is 7.38. The lowest BCUT2D eigenvalue weighted by molar-refractivity contribution is -0.0221. The molecule has 0 N–H and O–H groups in total. The van der Waals surface area contributed by atoms with Crippen LogP contribution in [0.4, 0.5) is 19.0 Å². The van der Waals surface area contributed by atoms with E-state index in [9.17, 15) is 18.0 Å². The Hall–Kier alpha value is -2.18. The van der Waals surface area contributed by atoms with Crippen LogP contribution in [0.5, 0.6) is 0 Å². The number of carbonyl (C=O) groups excluding carboxylic acids is 1. The molecule has 0 saturated carbocycles. The number of rotatable bonds is 2. The Labute approximate surface area is 131 Å². The van der Waals surface area contributed by atoms with Crippen molar-refractivity contribution in [1.82, 2.24) is 9.97 Å². The summed E-state index contributed by atoms with van der Waals surface area (Å²) in [5.74, 6) is -3.05. The molecule has 0 aliphatic carbocycles. The fraction of sp³-hybridized carbons (Fsp3) is 0.438. The van der Waals surface area contributed by atoms with E-state index in [1.807, 2.05) is 0 Å². The lowest BCUT2D eigenvalue weighted by atomic mass is 10.1. The quantitative estimate of drug-likeness (QED) is 0.794. The maximum atomic E-state index is 13.6. The van der Waals surface area contributed by atoms with Crippen LogP contribution in [0, 0.1) is 12.7 Å². The highest BCUT2D eigenvalue weighted by Crippen LogP contribution is 2.31. The van der Waals surface area contributed by atoms with Crippen molar-refractivity contribution in [3.05, 3.63) is 29.2 Å². The van der Waals surface area contributed by atoms with E-state index in [1.165, 1.54) is 13.0 Å². The lowest BCUT2D eigenvalue weighted by Crippen LogP contribution is -2.40. The first kappa shape index (κ1) is 15.7. The summed E-state index contributed by atoms with van der Waals surface area (Å²) in [4.78, 5) is 22.2. The smallest absolute Gasteiger partial charge is 0.251 e. The van der Waals surface area contributed by atoms with Gasteiger partial charge in [-0.1, -0.05) is 0 Å². The molecule has 4 nitrogen and oxygen atoms in total. The SMILES string of the molecule is CC(=O)c1cc(F)cc2nc(C)c(N3CCC(F)(F)CC3)nc12. The van der Waals surface area contributed by atoms with Crippen LogP contribution in [0.2, 0.25) is 0 Å². The average molecular weight is 323 g/mol. The minimum atomic E-state index is -2.65. The molecule has 0 bridgehead atoms. The number of hydrogen-bond donors (Lipinski definition) is 0. The summed E-state index contributed by atoms with van der Waals surface area (Å²) in [6, 6.07) is 2.35. The highest BCUT2D eigenvalue weighted by molar-refractivity contribution is 6.05. The Morgan fingerprint density at radius 1 is 1.22 bits per heavy atom. The van der Waals surface area contributed by atoms with Gasteiger partial charge in [0.1, 0.15) is 11.3 Å². The monoisotopic (exact) mass is 323 g/mol. The van der Waals surface area contributed by atoms with E-state index in [-0.39, 0.29) is 37.3 Å². The van der Waals surface area contributed by atoms with Crippen molar-refractivity contribution in [3.63, 3.8) is 0 Å². The summed E-state index contributed by atoms with van der Waals surface area (Å²) < 4.78 is 40.2. The minimum absolute atomic E-state index is 0.149. The summed E-state index contributed by atoms with van der Waals surface area (Å²) in [6.07, 6.45) is -0.482. The van der Waals surface area contributed by atoms with E-state index in [2.05, 4.69) is 9.97 Å². The molecule has 1 saturated heterocycles. The molecule has 1 aliphatic rings. The number of piperidine rings is 1. The van der Waals surface area contributed by atoms with Crippen LogP contribution >= 0.6 is 0 Å². The van der Waals surface area contributed by atoms with Crippen LogP contribution in [0.15, 0.2) is 12.1 Å². The molecule has 1 aliphatic heterocycles. The first-order chi connectivity index (χ1) is 10.8. The standard InChI is InChI=1S/C16H16F3N3O/c1-9-15(22-5-3-16(18,19)4-6-22)21-14-12(10(2)23)7-11(17)8-13(14)20-9/h7-8H,3-6H2,1-2H3. The van der Waals surface area contributed by atoms with Gasteiger partial charge in [-0.2, -0.15) is 0 Å². The van der Waals surface area contributed by atoms with Gasteiger partial charge in [0.15, 0.2) is 11.6 Å². The number of aryl methyl sites for hydroxylation is 1. The van der Waals surface area contributed by atoms with Gasteiger partial charge in [0.25, 0.3) is 5.92 Å². The van der Waals surface area contributed by atoms with E-state index < -0.39 is 11.7 Å². The molecule has 1 fully saturated rings. The van der Waals surface area contributed by atoms with Gasteiger partial charge in [0, 0.05) is 37.6 Å². The van der Waals surface area contributed by atoms with Crippen LogP contribution in [0.25, 0.3) is 11.0 Å². The Morgan fingerprint density at radius 3 is 2.48 bits per heavy atom. The van der Waals surface area contributed by atoms with E-state index in [1.54, 1.807) is 11.8 Å². The number of fused-ring (bicyclic) bond motifs is 1. The van der Waals surface area contributed by atoms with Crippen LogP contribution in [-0.2, 0) is 0 Å². The number of ketones is 1. The molecule has 3 rings (SSSR count). The topological polar surface area (TPSA) is 46.1 Å². The predicted molar refractivity (Wildman–Crippen MR) is 80.6 cm³/mol. The van der Waals surface area contributed by atoms with Crippen LogP contribution in [0.1, 0.15) is 35.8 Å². The normalized spacial score (nSPS) is 17.5. The second-order valence-electron chi connectivity index (χ2n) is 5.85. The molecule has 0 atom stereocenters. The highest BCUT2D eigenvalue weighted by Gasteiger charge is 2.35. The summed E-state index contributed by atoms with van der Waals surface area (Å²) in [6.45, 7) is 3.37. The van der Waals surface area contributed by atoms with Crippen molar-refractivity contribution < 1.29 is 18.0 Å². The molecule has 23 heavy (non-hydrogen) atoms. The fourth-order valence-electron chi connectivity index (χ4n) is 2.82. The maximum Gasteiger partial charge on any atom is 0.251 e. The highest BCUT2D eigenvalue weighted by atomic mass is 19.3. The number of benzene rings is 1. The molecule has 2 heterocycles. The van der Waals surface area contributed by atoms with Crippen molar-refractivity contribution in [3.8, 4) is 0 Å². The van der Waals surface area contributed by atoms with E-state index in [0.29, 0.717) is 22.5 Å². The molecule has 7 heteroatoms. The van der Waals surface area contributed by atoms with Gasteiger partial charge in [-0.05, 0) is 19.9 Å². The average Bonchev–Trinajstić information content (AvgIpc) is 2.46. The van der Waals surface area contributed by atoms with E-state index in [0.717, 1.165) is 6.07 Å². The van der Waals surface area contributed by atoms with Gasteiger partial charge in [0.05, 0.1) is 11.2 Å². The minimum Gasteiger partial charge on any atom is -0.355 e. The summed E-state index contributed by atoms with van der Waals surface area (Å²) in [5, 5.41) is 0. The predicted octanol–water partition coefficient (Wildman–Crippen LogP) is 3.52. The molecule has 1 aromatic heterocycles.